The minimum absolute atomic E-state index is 0.214. The van der Waals surface area contributed by atoms with Crippen LogP contribution in [0.15, 0.2) is 41.5 Å². The first-order chi connectivity index (χ1) is 11.7. The molecule has 3 rings (SSSR count). The van der Waals surface area contributed by atoms with Crippen molar-refractivity contribution >= 4 is 0 Å². The van der Waals surface area contributed by atoms with Crippen molar-refractivity contribution in [3.8, 4) is 0 Å². The number of hydrogen-bond acceptors (Lipinski definition) is 5. The highest BCUT2D eigenvalue weighted by molar-refractivity contribution is 5.04. The number of likely N-dealkylation sites (tertiary alicyclic amines) is 1. The number of rotatable bonds is 8. The van der Waals surface area contributed by atoms with Gasteiger partial charge in [-0.05, 0) is 31.9 Å². The summed E-state index contributed by atoms with van der Waals surface area (Å²) in [6, 6.07) is 4.50. The molecule has 2 aromatic rings. The van der Waals surface area contributed by atoms with Gasteiger partial charge in [-0.15, -0.1) is 0 Å². The monoisotopic (exact) mass is 332 g/mol. The Bertz CT molecular complexity index is 592. The third-order valence-corrected chi connectivity index (χ3v) is 4.58. The number of alkyl halides is 1. The van der Waals surface area contributed by atoms with E-state index in [1.54, 1.807) is 18.7 Å². The van der Waals surface area contributed by atoms with Crippen LogP contribution in [-0.2, 0) is 13.0 Å². The number of aryl methyl sites for hydroxylation is 1. The first-order valence-electron chi connectivity index (χ1n) is 8.58. The zero-order chi connectivity index (χ0) is 16.8. The second kappa shape index (κ2) is 8.35. The molecule has 0 bridgehead atoms. The first-order valence-corrected chi connectivity index (χ1v) is 8.58. The Hall–Kier alpha value is -1.79. The molecule has 3 heterocycles. The molecule has 6 heteroatoms. The van der Waals surface area contributed by atoms with E-state index in [9.17, 15) is 4.39 Å². The summed E-state index contributed by atoms with van der Waals surface area (Å²) in [5.41, 5.74) is 1.03. The molecular weight excluding hydrogens is 307 g/mol. The Morgan fingerprint density at radius 3 is 3.00 bits per heavy atom. The van der Waals surface area contributed by atoms with E-state index < -0.39 is 6.17 Å². The molecule has 0 radical (unpaired) electrons. The summed E-state index contributed by atoms with van der Waals surface area (Å²) in [6.45, 7) is 4.16. The fourth-order valence-electron chi connectivity index (χ4n) is 3.23. The van der Waals surface area contributed by atoms with Gasteiger partial charge in [-0.2, -0.15) is 0 Å². The molecule has 3 atom stereocenters. The third kappa shape index (κ3) is 4.85. The van der Waals surface area contributed by atoms with E-state index in [2.05, 4.69) is 27.1 Å². The molecule has 2 aromatic heterocycles. The highest BCUT2D eigenvalue weighted by Gasteiger charge is 2.32. The molecule has 1 fully saturated rings. The lowest BCUT2D eigenvalue weighted by Crippen LogP contribution is -2.40. The molecule has 1 N–H and O–H groups in total. The maximum absolute atomic E-state index is 13.9. The van der Waals surface area contributed by atoms with Gasteiger partial charge in [0, 0.05) is 56.1 Å². The van der Waals surface area contributed by atoms with Gasteiger partial charge in [-0.1, -0.05) is 0 Å². The molecule has 0 aromatic carbocycles. The van der Waals surface area contributed by atoms with Gasteiger partial charge in [-0.25, -0.2) is 14.4 Å². The Balaban J connectivity index is 1.45. The van der Waals surface area contributed by atoms with Gasteiger partial charge in [0.25, 0.3) is 0 Å². The molecule has 0 saturated carbocycles. The average molecular weight is 332 g/mol. The summed E-state index contributed by atoms with van der Waals surface area (Å²) in [5, 5.41) is 3.54. The topological polar surface area (TPSA) is 54.2 Å². The minimum Gasteiger partial charge on any atom is -0.469 e. The first kappa shape index (κ1) is 17.0. The van der Waals surface area contributed by atoms with Crippen molar-refractivity contribution in [3.63, 3.8) is 0 Å². The quantitative estimate of drug-likeness (QED) is 0.805. The zero-order valence-electron chi connectivity index (χ0n) is 14.1. The SMILES string of the molecule is CC(CCc1ccco1)NC[C@@H]1C[C@H](F)CN1Cc1cncnc1. The Kier molecular flexibility index (Phi) is 5.93. The van der Waals surface area contributed by atoms with Gasteiger partial charge >= 0.3 is 0 Å². The van der Waals surface area contributed by atoms with Crippen LogP contribution in [0.25, 0.3) is 0 Å². The molecule has 1 unspecified atom stereocenters. The van der Waals surface area contributed by atoms with Crippen molar-refractivity contribution in [3.05, 3.63) is 48.4 Å². The van der Waals surface area contributed by atoms with Crippen molar-refractivity contribution in [2.24, 2.45) is 0 Å². The average Bonchev–Trinajstić information content (AvgIpc) is 3.22. The summed E-state index contributed by atoms with van der Waals surface area (Å²) in [6.07, 6.45) is 8.59. The van der Waals surface area contributed by atoms with Gasteiger partial charge in [0.15, 0.2) is 0 Å². The van der Waals surface area contributed by atoms with Crippen molar-refractivity contribution < 1.29 is 8.81 Å². The van der Waals surface area contributed by atoms with E-state index in [4.69, 9.17) is 4.42 Å². The maximum atomic E-state index is 13.9. The van der Waals surface area contributed by atoms with E-state index in [1.807, 2.05) is 12.1 Å². The van der Waals surface area contributed by atoms with Crippen LogP contribution in [0.5, 0.6) is 0 Å². The van der Waals surface area contributed by atoms with Gasteiger partial charge < -0.3 is 9.73 Å². The Morgan fingerprint density at radius 2 is 2.25 bits per heavy atom. The van der Waals surface area contributed by atoms with Crippen LogP contribution in [-0.4, -0.2) is 46.2 Å². The van der Waals surface area contributed by atoms with E-state index in [0.717, 1.165) is 30.7 Å². The largest absolute Gasteiger partial charge is 0.469 e. The van der Waals surface area contributed by atoms with Gasteiger partial charge in [0.1, 0.15) is 18.3 Å². The van der Waals surface area contributed by atoms with Crippen LogP contribution >= 0.6 is 0 Å². The number of hydrogen-bond donors (Lipinski definition) is 1. The third-order valence-electron chi connectivity index (χ3n) is 4.58. The molecule has 0 aliphatic carbocycles. The smallest absolute Gasteiger partial charge is 0.115 e. The minimum atomic E-state index is -0.750. The Morgan fingerprint density at radius 1 is 1.42 bits per heavy atom. The highest BCUT2D eigenvalue weighted by Crippen LogP contribution is 2.22. The predicted octanol–water partition coefficient (Wildman–Crippen LogP) is 2.59. The van der Waals surface area contributed by atoms with E-state index in [0.29, 0.717) is 25.6 Å². The number of nitrogens with zero attached hydrogens (tertiary/aromatic N) is 3. The summed E-state index contributed by atoms with van der Waals surface area (Å²) in [4.78, 5) is 10.3. The second-order valence-electron chi connectivity index (χ2n) is 6.59. The molecule has 130 valence electrons. The maximum Gasteiger partial charge on any atom is 0.115 e. The zero-order valence-corrected chi connectivity index (χ0v) is 14.1. The fourth-order valence-corrected chi connectivity index (χ4v) is 3.23. The summed E-state index contributed by atoms with van der Waals surface area (Å²) in [7, 11) is 0. The standard InChI is InChI=1S/C18H25FN4O/c1-14(4-5-18-3-2-6-24-18)22-10-17-7-16(19)12-23(17)11-15-8-20-13-21-9-15/h2-3,6,8-9,13-14,16-17,22H,4-5,7,10-12H2,1H3/t14?,16-,17-/m0/s1. The lowest BCUT2D eigenvalue weighted by molar-refractivity contribution is 0.225. The van der Waals surface area contributed by atoms with E-state index in [1.165, 1.54) is 6.33 Å². The molecular formula is C18H25FN4O. The highest BCUT2D eigenvalue weighted by atomic mass is 19.1. The van der Waals surface area contributed by atoms with Gasteiger partial charge in [0.05, 0.1) is 6.26 Å². The van der Waals surface area contributed by atoms with Crippen molar-refractivity contribution in [1.82, 2.24) is 20.2 Å². The van der Waals surface area contributed by atoms with Crippen LogP contribution in [0.1, 0.15) is 31.1 Å². The van der Waals surface area contributed by atoms with Gasteiger partial charge in [-0.3, -0.25) is 4.90 Å². The number of nitrogens with one attached hydrogen (secondary N) is 1. The number of halogens is 1. The van der Waals surface area contributed by atoms with E-state index >= 15 is 0 Å². The molecule has 24 heavy (non-hydrogen) atoms. The van der Waals surface area contributed by atoms with Crippen LogP contribution in [0, 0.1) is 0 Å². The molecule has 1 saturated heterocycles. The lowest BCUT2D eigenvalue weighted by Gasteiger charge is -2.25. The molecule has 0 spiro atoms. The molecule has 0 amide bonds. The van der Waals surface area contributed by atoms with Crippen molar-refractivity contribution in [1.29, 1.82) is 0 Å². The van der Waals surface area contributed by atoms with Crippen molar-refractivity contribution in [2.45, 2.75) is 51.0 Å². The molecule has 5 nitrogen and oxygen atoms in total. The van der Waals surface area contributed by atoms with Crippen molar-refractivity contribution in [2.75, 3.05) is 13.1 Å². The summed E-state index contributed by atoms with van der Waals surface area (Å²) in [5.74, 6) is 1.01. The van der Waals surface area contributed by atoms with Crippen LogP contribution in [0.3, 0.4) is 0 Å². The summed E-state index contributed by atoms with van der Waals surface area (Å²) >= 11 is 0. The lowest BCUT2D eigenvalue weighted by atomic mass is 10.1. The number of aromatic nitrogens is 2. The number of furan rings is 1. The fraction of sp³-hybridized carbons (Fsp3) is 0.556. The predicted molar refractivity (Wildman–Crippen MR) is 90.2 cm³/mol. The molecule has 1 aliphatic rings. The normalized spacial score (nSPS) is 22.8. The van der Waals surface area contributed by atoms with Crippen LogP contribution < -0.4 is 5.32 Å². The Labute approximate surface area is 142 Å². The van der Waals surface area contributed by atoms with Crippen LogP contribution in [0.2, 0.25) is 0 Å². The molecule has 1 aliphatic heterocycles. The second-order valence-corrected chi connectivity index (χ2v) is 6.59. The van der Waals surface area contributed by atoms with Crippen LogP contribution in [0.4, 0.5) is 4.39 Å². The van der Waals surface area contributed by atoms with E-state index in [-0.39, 0.29) is 6.04 Å². The summed E-state index contributed by atoms with van der Waals surface area (Å²) < 4.78 is 19.2. The van der Waals surface area contributed by atoms with Gasteiger partial charge in [0.2, 0.25) is 0 Å².